The van der Waals surface area contributed by atoms with E-state index < -0.39 is 0 Å². The lowest BCUT2D eigenvalue weighted by Gasteiger charge is -2.36. The van der Waals surface area contributed by atoms with Gasteiger partial charge in [-0.3, -0.25) is 14.5 Å². The molecule has 1 aromatic carbocycles. The van der Waals surface area contributed by atoms with Crippen molar-refractivity contribution in [2.75, 3.05) is 59.0 Å². The van der Waals surface area contributed by atoms with Gasteiger partial charge in [-0.2, -0.15) is 0 Å². The lowest BCUT2D eigenvalue weighted by atomic mass is 10.1. The van der Waals surface area contributed by atoms with E-state index in [9.17, 15) is 9.59 Å². The van der Waals surface area contributed by atoms with Crippen LogP contribution in [0.5, 0.6) is 0 Å². The van der Waals surface area contributed by atoms with E-state index in [4.69, 9.17) is 10.5 Å². The molecule has 2 aliphatic rings. The first-order valence-corrected chi connectivity index (χ1v) is 8.83. The van der Waals surface area contributed by atoms with Crippen LogP contribution in [0.15, 0.2) is 24.3 Å². The first kappa shape index (κ1) is 17.8. The Morgan fingerprint density at radius 2 is 1.56 bits per heavy atom. The van der Waals surface area contributed by atoms with Crippen LogP contribution in [0.1, 0.15) is 15.9 Å². The Hall–Kier alpha value is -1.96. The van der Waals surface area contributed by atoms with Gasteiger partial charge in [0.25, 0.3) is 5.91 Å². The van der Waals surface area contributed by atoms with Gasteiger partial charge >= 0.3 is 0 Å². The number of nitrogens with zero attached hydrogens (tertiary/aromatic N) is 3. The fourth-order valence-corrected chi connectivity index (χ4v) is 3.18. The summed E-state index contributed by atoms with van der Waals surface area (Å²) in [5.41, 5.74) is 7.30. The Bertz CT molecular complexity index is 591. The molecule has 1 aromatic rings. The van der Waals surface area contributed by atoms with Crippen LogP contribution in [0.4, 0.5) is 0 Å². The second kappa shape index (κ2) is 8.42. The fourth-order valence-electron chi connectivity index (χ4n) is 3.18. The Kier molecular flexibility index (Phi) is 6.01. The van der Waals surface area contributed by atoms with Gasteiger partial charge in [-0.25, -0.2) is 0 Å². The van der Waals surface area contributed by atoms with Crippen molar-refractivity contribution < 1.29 is 14.3 Å². The molecular formula is C18H26N4O3. The molecule has 3 rings (SSSR count). The van der Waals surface area contributed by atoms with E-state index in [-0.39, 0.29) is 11.8 Å². The van der Waals surface area contributed by atoms with E-state index in [1.807, 2.05) is 34.1 Å². The van der Waals surface area contributed by atoms with Crippen LogP contribution in [0.2, 0.25) is 0 Å². The molecule has 2 N–H and O–H groups in total. The number of nitrogens with two attached hydrogens (primary N) is 1. The number of piperazine rings is 1. The van der Waals surface area contributed by atoms with Crippen molar-refractivity contribution in [2.24, 2.45) is 5.73 Å². The van der Waals surface area contributed by atoms with Crippen molar-refractivity contribution in [2.45, 2.75) is 6.54 Å². The minimum absolute atomic E-state index is 0.0442. The lowest BCUT2D eigenvalue weighted by molar-refractivity contribution is -0.136. The predicted octanol–water partition coefficient (Wildman–Crippen LogP) is -0.238. The highest BCUT2D eigenvalue weighted by atomic mass is 16.5. The average molecular weight is 346 g/mol. The van der Waals surface area contributed by atoms with Crippen LogP contribution < -0.4 is 5.73 Å². The number of hydrogen-bond acceptors (Lipinski definition) is 5. The normalized spacial score (nSPS) is 19.1. The molecule has 25 heavy (non-hydrogen) atoms. The number of benzene rings is 1. The standard InChI is InChI=1S/C18H26N4O3/c19-13-15-1-3-16(4-2-15)18(24)22-7-5-20(6-8-22)14-17(23)21-9-11-25-12-10-21/h1-4H,5-14,19H2. The number of rotatable bonds is 4. The molecule has 7 nitrogen and oxygen atoms in total. The van der Waals surface area contributed by atoms with Crippen molar-refractivity contribution in [1.82, 2.24) is 14.7 Å². The summed E-state index contributed by atoms with van der Waals surface area (Å²) >= 11 is 0. The van der Waals surface area contributed by atoms with Crippen molar-refractivity contribution in [3.63, 3.8) is 0 Å². The van der Waals surface area contributed by atoms with Crippen molar-refractivity contribution in [3.8, 4) is 0 Å². The maximum Gasteiger partial charge on any atom is 0.253 e. The summed E-state index contributed by atoms with van der Waals surface area (Å²) in [6.45, 7) is 6.24. The molecule has 2 amide bonds. The van der Waals surface area contributed by atoms with Crippen LogP contribution in [-0.4, -0.2) is 85.5 Å². The molecule has 0 aromatic heterocycles. The zero-order chi connectivity index (χ0) is 17.6. The first-order valence-electron chi connectivity index (χ1n) is 8.83. The zero-order valence-corrected chi connectivity index (χ0v) is 14.5. The van der Waals surface area contributed by atoms with Crippen molar-refractivity contribution in [1.29, 1.82) is 0 Å². The molecule has 0 unspecified atom stereocenters. The predicted molar refractivity (Wildman–Crippen MR) is 94.1 cm³/mol. The topological polar surface area (TPSA) is 79.1 Å². The number of morpholine rings is 1. The van der Waals surface area contributed by atoms with E-state index in [1.165, 1.54) is 0 Å². The Labute approximate surface area is 148 Å². The van der Waals surface area contributed by atoms with Gasteiger partial charge in [0.15, 0.2) is 0 Å². The monoisotopic (exact) mass is 346 g/mol. The summed E-state index contributed by atoms with van der Waals surface area (Å²) in [6.07, 6.45) is 0. The Morgan fingerprint density at radius 3 is 2.16 bits per heavy atom. The third-order valence-corrected chi connectivity index (χ3v) is 4.82. The molecule has 0 atom stereocenters. The molecule has 136 valence electrons. The molecule has 0 aliphatic carbocycles. The SMILES string of the molecule is NCc1ccc(C(=O)N2CCN(CC(=O)N3CCOCC3)CC2)cc1. The fraction of sp³-hybridized carbons (Fsp3) is 0.556. The van der Waals surface area contributed by atoms with Gasteiger partial charge < -0.3 is 20.3 Å². The van der Waals surface area contributed by atoms with Gasteiger partial charge in [0, 0.05) is 51.4 Å². The molecule has 2 aliphatic heterocycles. The van der Waals surface area contributed by atoms with Gasteiger partial charge in [0.05, 0.1) is 19.8 Å². The summed E-state index contributed by atoms with van der Waals surface area (Å²) < 4.78 is 5.28. The van der Waals surface area contributed by atoms with Crippen LogP contribution in [0.25, 0.3) is 0 Å². The number of carbonyl (C=O) groups is 2. The smallest absolute Gasteiger partial charge is 0.253 e. The highest BCUT2D eigenvalue weighted by Crippen LogP contribution is 2.11. The molecule has 0 bridgehead atoms. The Balaban J connectivity index is 1.47. The third kappa shape index (κ3) is 4.56. The summed E-state index contributed by atoms with van der Waals surface area (Å²) in [7, 11) is 0. The maximum atomic E-state index is 12.6. The second-order valence-corrected chi connectivity index (χ2v) is 6.46. The number of ether oxygens (including phenoxy) is 1. The van der Waals surface area contributed by atoms with Crippen LogP contribution in [0.3, 0.4) is 0 Å². The summed E-state index contributed by atoms with van der Waals surface area (Å²) in [4.78, 5) is 30.7. The van der Waals surface area contributed by atoms with Gasteiger partial charge in [-0.05, 0) is 17.7 Å². The quantitative estimate of drug-likeness (QED) is 0.814. The molecular weight excluding hydrogens is 320 g/mol. The van der Waals surface area contributed by atoms with E-state index >= 15 is 0 Å². The Morgan fingerprint density at radius 1 is 0.920 bits per heavy atom. The minimum Gasteiger partial charge on any atom is -0.378 e. The average Bonchev–Trinajstić information content (AvgIpc) is 2.69. The maximum absolute atomic E-state index is 12.6. The minimum atomic E-state index is 0.0442. The molecule has 2 heterocycles. The molecule has 0 spiro atoms. The lowest BCUT2D eigenvalue weighted by Crippen LogP contribution is -2.52. The van der Waals surface area contributed by atoms with Crippen molar-refractivity contribution in [3.05, 3.63) is 35.4 Å². The van der Waals surface area contributed by atoms with Gasteiger partial charge in [0.1, 0.15) is 0 Å². The molecule has 7 heteroatoms. The van der Waals surface area contributed by atoms with Crippen LogP contribution in [-0.2, 0) is 16.1 Å². The number of hydrogen-bond donors (Lipinski definition) is 1. The highest BCUT2D eigenvalue weighted by Gasteiger charge is 2.25. The third-order valence-electron chi connectivity index (χ3n) is 4.82. The van der Waals surface area contributed by atoms with Gasteiger partial charge in [-0.1, -0.05) is 12.1 Å². The molecule has 2 fully saturated rings. The van der Waals surface area contributed by atoms with E-state index in [0.717, 1.165) is 18.7 Å². The summed E-state index contributed by atoms with van der Waals surface area (Å²) in [5, 5.41) is 0. The van der Waals surface area contributed by atoms with E-state index in [1.54, 1.807) is 0 Å². The van der Waals surface area contributed by atoms with E-state index in [2.05, 4.69) is 4.90 Å². The summed E-state index contributed by atoms with van der Waals surface area (Å²) in [6, 6.07) is 7.45. The van der Waals surface area contributed by atoms with Crippen molar-refractivity contribution >= 4 is 11.8 Å². The van der Waals surface area contributed by atoms with Crippen LogP contribution >= 0.6 is 0 Å². The molecule has 2 saturated heterocycles. The molecule has 0 radical (unpaired) electrons. The summed E-state index contributed by atoms with van der Waals surface area (Å²) in [5.74, 6) is 0.197. The number of amides is 2. The van der Waals surface area contributed by atoms with Crippen LogP contribution in [0, 0.1) is 0 Å². The second-order valence-electron chi connectivity index (χ2n) is 6.46. The van der Waals surface area contributed by atoms with E-state index in [0.29, 0.717) is 58.0 Å². The largest absolute Gasteiger partial charge is 0.378 e. The first-order chi connectivity index (χ1) is 12.2. The van der Waals surface area contributed by atoms with Gasteiger partial charge in [-0.15, -0.1) is 0 Å². The number of carbonyl (C=O) groups excluding carboxylic acids is 2. The molecule has 0 saturated carbocycles. The van der Waals surface area contributed by atoms with Gasteiger partial charge in [0.2, 0.25) is 5.91 Å². The zero-order valence-electron chi connectivity index (χ0n) is 14.5. The highest BCUT2D eigenvalue weighted by molar-refractivity contribution is 5.94.